The molecule has 0 bridgehead atoms. The van der Waals surface area contributed by atoms with Gasteiger partial charge in [-0.2, -0.15) is 0 Å². The Bertz CT molecular complexity index is 730. The predicted molar refractivity (Wildman–Crippen MR) is 82.4 cm³/mol. The van der Waals surface area contributed by atoms with E-state index in [2.05, 4.69) is 0 Å². The van der Waals surface area contributed by atoms with Crippen LogP contribution in [-0.2, 0) is 0 Å². The molecule has 0 saturated carbocycles. The minimum absolute atomic E-state index is 0.0885. The van der Waals surface area contributed by atoms with Crippen LogP contribution in [0.3, 0.4) is 0 Å². The molecule has 0 aliphatic heterocycles. The first-order valence-corrected chi connectivity index (χ1v) is 6.99. The summed E-state index contributed by atoms with van der Waals surface area (Å²) in [4.78, 5) is 0. The van der Waals surface area contributed by atoms with E-state index in [4.69, 9.17) is 19.9 Å². The highest BCUT2D eigenvalue weighted by Crippen LogP contribution is 2.55. The second-order valence-corrected chi connectivity index (χ2v) is 5.13. The second kappa shape index (κ2) is 5.50. The van der Waals surface area contributed by atoms with Crippen molar-refractivity contribution in [2.24, 2.45) is 5.73 Å². The summed E-state index contributed by atoms with van der Waals surface area (Å²) in [7, 11) is 4.72. The highest BCUT2D eigenvalue weighted by atomic mass is 19.1. The molecule has 2 N–H and O–H groups in total. The van der Waals surface area contributed by atoms with Gasteiger partial charge in [0.2, 0.25) is 5.75 Å². The Hall–Kier alpha value is -2.27. The third kappa shape index (κ3) is 1.93. The van der Waals surface area contributed by atoms with Gasteiger partial charge in [0.25, 0.3) is 0 Å². The lowest BCUT2D eigenvalue weighted by Crippen LogP contribution is -2.11. The molecule has 0 heterocycles. The standard InChI is InChI=1S/C17H18FNO3/c1-20-14-7-12-13(8-19)11-6-9(18)4-5-10(11)15(12)17(22-3)16(14)21-2/h4-7,13H,8,19H2,1-3H3. The van der Waals surface area contributed by atoms with E-state index >= 15 is 0 Å². The summed E-state index contributed by atoms with van der Waals surface area (Å²) in [6.07, 6.45) is 0. The lowest BCUT2D eigenvalue weighted by Gasteiger charge is -2.17. The van der Waals surface area contributed by atoms with E-state index in [1.807, 2.05) is 6.07 Å². The van der Waals surface area contributed by atoms with Crippen molar-refractivity contribution in [2.75, 3.05) is 27.9 Å². The van der Waals surface area contributed by atoms with Crippen molar-refractivity contribution in [3.8, 4) is 28.4 Å². The zero-order valence-corrected chi connectivity index (χ0v) is 12.8. The van der Waals surface area contributed by atoms with E-state index in [0.717, 1.165) is 22.3 Å². The Morgan fingerprint density at radius 1 is 1.00 bits per heavy atom. The van der Waals surface area contributed by atoms with Gasteiger partial charge < -0.3 is 19.9 Å². The van der Waals surface area contributed by atoms with Gasteiger partial charge in [-0.15, -0.1) is 0 Å². The van der Waals surface area contributed by atoms with Crippen molar-refractivity contribution >= 4 is 0 Å². The fourth-order valence-corrected chi connectivity index (χ4v) is 3.20. The number of nitrogens with two attached hydrogens (primary N) is 1. The molecule has 5 heteroatoms. The van der Waals surface area contributed by atoms with Crippen molar-refractivity contribution in [2.45, 2.75) is 5.92 Å². The molecule has 0 amide bonds. The Labute approximate surface area is 128 Å². The van der Waals surface area contributed by atoms with Gasteiger partial charge in [0.15, 0.2) is 11.5 Å². The lowest BCUT2D eigenvalue weighted by atomic mass is 9.96. The number of halogens is 1. The number of fused-ring (bicyclic) bond motifs is 3. The van der Waals surface area contributed by atoms with Crippen molar-refractivity contribution in [1.82, 2.24) is 0 Å². The van der Waals surface area contributed by atoms with Crippen LogP contribution in [0.25, 0.3) is 11.1 Å². The minimum Gasteiger partial charge on any atom is -0.493 e. The quantitative estimate of drug-likeness (QED) is 0.943. The van der Waals surface area contributed by atoms with Crippen molar-refractivity contribution in [3.63, 3.8) is 0 Å². The third-order valence-corrected chi connectivity index (χ3v) is 4.13. The first-order valence-electron chi connectivity index (χ1n) is 6.99. The molecule has 1 aliphatic rings. The van der Waals surface area contributed by atoms with E-state index in [9.17, 15) is 4.39 Å². The number of benzene rings is 2. The van der Waals surface area contributed by atoms with Crippen molar-refractivity contribution < 1.29 is 18.6 Å². The molecular formula is C17H18FNO3. The van der Waals surface area contributed by atoms with Gasteiger partial charge in [-0.3, -0.25) is 0 Å². The van der Waals surface area contributed by atoms with Gasteiger partial charge in [-0.25, -0.2) is 4.39 Å². The highest BCUT2D eigenvalue weighted by molar-refractivity contribution is 5.87. The average Bonchev–Trinajstić information content (AvgIpc) is 2.84. The van der Waals surface area contributed by atoms with Crippen LogP contribution < -0.4 is 19.9 Å². The topological polar surface area (TPSA) is 53.7 Å². The molecule has 1 unspecified atom stereocenters. The molecule has 0 fully saturated rings. The van der Waals surface area contributed by atoms with E-state index in [1.165, 1.54) is 12.1 Å². The first kappa shape index (κ1) is 14.7. The van der Waals surface area contributed by atoms with E-state index in [1.54, 1.807) is 27.4 Å². The van der Waals surface area contributed by atoms with Crippen LogP contribution in [0.15, 0.2) is 24.3 Å². The maximum atomic E-state index is 13.6. The number of rotatable bonds is 4. The highest BCUT2D eigenvalue weighted by Gasteiger charge is 2.34. The SMILES string of the molecule is COc1cc2c(c(OC)c1OC)-c1ccc(F)cc1C2CN. The van der Waals surface area contributed by atoms with Gasteiger partial charge in [0, 0.05) is 18.0 Å². The van der Waals surface area contributed by atoms with Gasteiger partial charge in [0.1, 0.15) is 5.82 Å². The molecule has 4 nitrogen and oxygen atoms in total. The fourth-order valence-electron chi connectivity index (χ4n) is 3.20. The predicted octanol–water partition coefficient (Wildman–Crippen LogP) is 2.92. The lowest BCUT2D eigenvalue weighted by molar-refractivity contribution is 0.325. The Morgan fingerprint density at radius 2 is 1.73 bits per heavy atom. The second-order valence-electron chi connectivity index (χ2n) is 5.13. The monoisotopic (exact) mass is 303 g/mol. The molecule has 116 valence electrons. The molecule has 3 rings (SSSR count). The zero-order valence-electron chi connectivity index (χ0n) is 12.8. The number of hydrogen-bond donors (Lipinski definition) is 1. The third-order valence-electron chi connectivity index (χ3n) is 4.13. The van der Waals surface area contributed by atoms with Crippen LogP contribution in [0, 0.1) is 5.82 Å². The Balaban J connectivity index is 2.36. The average molecular weight is 303 g/mol. The van der Waals surface area contributed by atoms with E-state index in [0.29, 0.717) is 23.8 Å². The van der Waals surface area contributed by atoms with E-state index in [-0.39, 0.29) is 11.7 Å². The van der Waals surface area contributed by atoms with Crippen molar-refractivity contribution in [3.05, 3.63) is 41.2 Å². The zero-order chi connectivity index (χ0) is 15.9. The molecule has 22 heavy (non-hydrogen) atoms. The molecule has 0 spiro atoms. The molecule has 0 saturated heterocycles. The van der Waals surface area contributed by atoms with Crippen LogP contribution in [0.4, 0.5) is 4.39 Å². The van der Waals surface area contributed by atoms with Gasteiger partial charge in [-0.1, -0.05) is 6.07 Å². The maximum Gasteiger partial charge on any atom is 0.203 e. The molecule has 0 radical (unpaired) electrons. The summed E-state index contributed by atoms with van der Waals surface area (Å²) in [6.45, 7) is 0.377. The maximum absolute atomic E-state index is 13.6. The van der Waals surface area contributed by atoms with Gasteiger partial charge >= 0.3 is 0 Å². The van der Waals surface area contributed by atoms with Gasteiger partial charge in [0.05, 0.1) is 21.3 Å². The summed E-state index contributed by atoms with van der Waals surface area (Å²) < 4.78 is 30.0. The Morgan fingerprint density at radius 3 is 2.32 bits per heavy atom. The summed E-state index contributed by atoms with van der Waals surface area (Å²) in [5.41, 5.74) is 9.58. The first-order chi connectivity index (χ1) is 10.7. The normalized spacial score (nSPS) is 15.2. The molecule has 2 aromatic carbocycles. The summed E-state index contributed by atoms with van der Waals surface area (Å²) in [6, 6.07) is 6.63. The smallest absolute Gasteiger partial charge is 0.203 e. The number of ether oxygens (including phenoxy) is 3. The van der Waals surface area contributed by atoms with Gasteiger partial charge in [-0.05, 0) is 34.9 Å². The molecule has 1 aliphatic carbocycles. The van der Waals surface area contributed by atoms with Crippen LogP contribution in [0.2, 0.25) is 0 Å². The summed E-state index contributed by atoms with van der Waals surface area (Å²) >= 11 is 0. The van der Waals surface area contributed by atoms with Crippen LogP contribution in [-0.4, -0.2) is 27.9 Å². The molecule has 0 aromatic heterocycles. The summed E-state index contributed by atoms with van der Waals surface area (Å²) in [5, 5.41) is 0. The largest absolute Gasteiger partial charge is 0.493 e. The molecular weight excluding hydrogens is 285 g/mol. The number of hydrogen-bond acceptors (Lipinski definition) is 4. The summed E-state index contributed by atoms with van der Waals surface area (Å²) in [5.74, 6) is 1.32. The van der Waals surface area contributed by atoms with Crippen LogP contribution >= 0.6 is 0 Å². The fraction of sp³-hybridized carbons (Fsp3) is 0.294. The van der Waals surface area contributed by atoms with Crippen LogP contribution in [0.5, 0.6) is 17.2 Å². The van der Waals surface area contributed by atoms with Crippen molar-refractivity contribution in [1.29, 1.82) is 0 Å². The Kier molecular flexibility index (Phi) is 3.66. The molecule has 2 aromatic rings. The minimum atomic E-state index is -0.275. The number of methoxy groups -OCH3 is 3. The molecule has 1 atom stereocenters. The van der Waals surface area contributed by atoms with E-state index < -0.39 is 0 Å². The van der Waals surface area contributed by atoms with Crippen LogP contribution in [0.1, 0.15) is 17.0 Å².